The SMILES string of the molecule is COCCOCCOCCOCCOCCOCCOCCOCCNC(=O)C(COC(=O)NCCC(=O)NCCNC(=O)COCC(=O)NCCC[C@@]1(c2ccccc2)SC(c2cc(F)ccc2F)=NN1C(=O)N(C)OC)NC(=O)CNC(=O)CNC(=O)CNC(=O)CNC(=O)CCNC(=O)CC(C)(C)C. The van der Waals surface area contributed by atoms with Gasteiger partial charge in [-0.25, -0.2) is 23.4 Å². The van der Waals surface area contributed by atoms with E-state index in [0.29, 0.717) is 78.2 Å². The van der Waals surface area contributed by atoms with Crippen LogP contribution in [0.25, 0.3) is 0 Å². The Kier molecular flexibility index (Phi) is 47.2. The first kappa shape index (κ1) is 92.4. The van der Waals surface area contributed by atoms with E-state index in [1.807, 2.05) is 20.8 Å². The molecular weight excluding hydrogens is 1440 g/mol. The van der Waals surface area contributed by atoms with Crippen LogP contribution >= 0.6 is 11.8 Å². The van der Waals surface area contributed by atoms with Gasteiger partial charge < -0.3 is 106 Å². The van der Waals surface area contributed by atoms with E-state index in [-0.39, 0.29) is 120 Å². The van der Waals surface area contributed by atoms with E-state index in [2.05, 4.69) is 63.6 Å². The van der Waals surface area contributed by atoms with Crippen molar-refractivity contribution >= 4 is 88.0 Å². The summed E-state index contributed by atoms with van der Waals surface area (Å²) in [5, 5.41) is 33.3. The molecule has 0 saturated carbocycles. The maximum atomic E-state index is 15.1. The molecule has 13 amide bonds. The standard InChI is InChI=1S/C67H104F2N14O23S/c1-66(2,3)40-55(86)71-19-15-54(85)76-41-56(87)77-42-57(88)78-43-58(89)79-44-59(90)80-52(62(93)74-23-24-98-27-28-100-31-32-102-35-36-104-38-37-103-34-33-101-30-29-99-26-25-96-5)45-106-64(94)75-20-16-53(84)72-21-22-73-61(92)47-105-46-60(91)70-18-10-17-67(48-11-8-7-9-12-48)83(65(95)82(4)97-6)81-63(107-67)50-39-49(68)13-14-51(50)69/h7-9,11-14,39,52H,10,15-38,40-47H2,1-6H3,(H,70,91)(H,71,86)(H,72,84)(H,73,92)(H,74,93)(H,75,94)(H,76,85)(H,77,87)(H,78,88)(H,79,89)(H,80,90)/t52?,67-/m0/s1. The van der Waals surface area contributed by atoms with Crippen molar-refractivity contribution in [2.24, 2.45) is 10.5 Å². The van der Waals surface area contributed by atoms with Crippen molar-refractivity contribution in [2.75, 3.05) is 206 Å². The van der Waals surface area contributed by atoms with Crippen molar-refractivity contribution in [3.63, 3.8) is 0 Å². The van der Waals surface area contributed by atoms with E-state index in [1.165, 1.54) is 14.2 Å². The highest BCUT2D eigenvalue weighted by atomic mass is 32.2. The molecule has 0 aliphatic carbocycles. The van der Waals surface area contributed by atoms with Crippen molar-refractivity contribution in [3.05, 3.63) is 71.3 Å². The van der Waals surface area contributed by atoms with Gasteiger partial charge in [0.15, 0.2) is 0 Å². The minimum Gasteiger partial charge on any atom is -0.447 e. The monoisotopic (exact) mass is 1540 g/mol. The fourth-order valence-electron chi connectivity index (χ4n) is 8.84. The number of hydrogen-bond acceptors (Lipinski definition) is 25. The number of rotatable bonds is 57. The summed E-state index contributed by atoms with van der Waals surface area (Å²) < 4.78 is 82.9. The minimum atomic E-state index is -1.52. The number of nitrogens with zero attached hydrogens (tertiary/aromatic N) is 3. The van der Waals surface area contributed by atoms with Gasteiger partial charge in [-0.15, -0.1) is 0 Å². The van der Waals surface area contributed by atoms with Crippen molar-refractivity contribution < 1.29 is 119 Å². The van der Waals surface area contributed by atoms with Crippen LogP contribution in [-0.4, -0.2) is 298 Å². The van der Waals surface area contributed by atoms with E-state index in [1.54, 1.807) is 37.4 Å². The number of ether oxygens (including phenoxy) is 10. The molecule has 11 N–H and O–H groups in total. The molecule has 600 valence electrons. The third-order valence-electron chi connectivity index (χ3n) is 14.2. The van der Waals surface area contributed by atoms with Gasteiger partial charge in [-0.2, -0.15) is 10.1 Å². The van der Waals surface area contributed by atoms with Gasteiger partial charge in [-0.3, -0.25) is 52.8 Å². The van der Waals surface area contributed by atoms with E-state index in [4.69, 9.17) is 52.2 Å². The second-order valence-electron chi connectivity index (χ2n) is 24.1. The van der Waals surface area contributed by atoms with E-state index >= 15 is 4.39 Å². The lowest BCUT2D eigenvalue weighted by molar-refractivity contribution is -0.131. The zero-order valence-electron chi connectivity index (χ0n) is 61.4. The number of hydrogen-bond donors (Lipinski definition) is 11. The zero-order valence-corrected chi connectivity index (χ0v) is 62.2. The lowest BCUT2D eigenvalue weighted by Crippen LogP contribution is -2.53. The summed E-state index contributed by atoms with van der Waals surface area (Å²) in [4.78, 5) is 155. The normalized spacial score (nSPS) is 13.4. The summed E-state index contributed by atoms with van der Waals surface area (Å²) in [7, 11) is 4.25. The summed E-state index contributed by atoms with van der Waals surface area (Å²) in [5.41, 5.74) is 0.215. The third-order valence-corrected chi connectivity index (χ3v) is 15.6. The van der Waals surface area contributed by atoms with Crippen LogP contribution in [0.2, 0.25) is 0 Å². The first-order chi connectivity index (χ1) is 51.4. The van der Waals surface area contributed by atoms with Crippen molar-refractivity contribution in [2.45, 2.75) is 63.8 Å². The highest BCUT2D eigenvalue weighted by Crippen LogP contribution is 2.51. The van der Waals surface area contributed by atoms with E-state index in [0.717, 1.165) is 40.0 Å². The number of amides is 13. The Balaban J connectivity index is 1.36. The van der Waals surface area contributed by atoms with E-state index < -0.39 is 134 Å². The Morgan fingerprint density at radius 3 is 1.50 bits per heavy atom. The van der Waals surface area contributed by atoms with Gasteiger partial charge in [0.25, 0.3) is 0 Å². The van der Waals surface area contributed by atoms with Crippen LogP contribution in [0.5, 0.6) is 0 Å². The van der Waals surface area contributed by atoms with Crippen molar-refractivity contribution in [3.8, 4) is 0 Å². The molecule has 40 heteroatoms. The number of carbonyl (C=O) groups excluding carboxylic acids is 12. The number of alkyl carbamates (subject to hydrolysis) is 1. The summed E-state index contributed by atoms with van der Waals surface area (Å²) >= 11 is 1.04. The predicted octanol–water partition coefficient (Wildman–Crippen LogP) is -1.83. The molecule has 3 rings (SSSR count). The molecule has 0 fully saturated rings. The Bertz CT molecular complexity index is 3110. The van der Waals surface area contributed by atoms with Crippen LogP contribution in [0.15, 0.2) is 53.6 Å². The second-order valence-corrected chi connectivity index (χ2v) is 25.4. The van der Waals surface area contributed by atoms with Gasteiger partial charge in [0.05, 0.1) is 132 Å². The number of methoxy groups -OCH3 is 1. The Morgan fingerprint density at radius 1 is 0.514 bits per heavy atom. The smallest absolute Gasteiger partial charge is 0.407 e. The van der Waals surface area contributed by atoms with Crippen LogP contribution in [0.1, 0.15) is 64.0 Å². The summed E-state index contributed by atoms with van der Waals surface area (Å²) in [6.45, 7) is 6.62. The average molecular weight is 1540 g/mol. The average Bonchev–Trinajstić information content (AvgIpc) is 1.60. The zero-order chi connectivity index (χ0) is 78.5. The van der Waals surface area contributed by atoms with Crippen LogP contribution in [0, 0.1) is 17.0 Å². The molecule has 37 nitrogen and oxygen atoms in total. The fraction of sp³-hybridized carbons (Fsp3) is 0.627. The molecular formula is C67H104F2N14O23S. The van der Waals surface area contributed by atoms with Gasteiger partial charge in [0.2, 0.25) is 59.1 Å². The largest absolute Gasteiger partial charge is 0.447 e. The highest BCUT2D eigenvalue weighted by molar-refractivity contribution is 8.15. The maximum absolute atomic E-state index is 15.1. The minimum absolute atomic E-state index is 0.00672. The number of thioether (sulfide) groups is 1. The molecule has 2 aromatic rings. The summed E-state index contributed by atoms with van der Waals surface area (Å²) in [5.74, 6) is -7.99. The molecule has 0 aromatic heterocycles. The maximum Gasteiger partial charge on any atom is 0.407 e. The Morgan fingerprint density at radius 2 is 0.981 bits per heavy atom. The molecule has 0 radical (unpaired) electrons. The number of urea groups is 1. The van der Waals surface area contributed by atoms with Crippen molar-refractivity contribution in [1.29, 1.82) is 0 Å². The number of nitrogens with one attached hydrogen (secondary N) is 11. The van der Waals surface area contributed by atoms with Gasteiger partial charge in [-0.05, 0) is 42.0 Å². The quantitative estimate of drug-likeness (QED) is 0.0256. The second kappa shape index (κ2) is 54.7. The molecule has 2 atom stereocenters. The lowest BCUT2D eigenvalue weighted by Gasteiger charge is -2.37. The number of carbonyl (C=O) groups is 12. The van der Waals surface area contributed by atoms with Gasteiger partial charge in [0, 0.05) is 78.3 Å². The highest BCUT2D eigenvalue weighted by Gasteiger charge is 2.50. The molecule has 1 aliphatic rings. The summed E-state index contributed by atoms with van der Waals surface area (Å²) in [6.07, 6.45) is -0.740. The summed E-state index contributed by atoms with van der Waals surface area (Å²) in [6, 6.07) is 9.46. The molecule has 1 unspecified atom stereocenters. The fourth-order valence-corrected chi connectivity index (χ4v) is 10.3. The van der Waals surface area contributed by atoms with Gasteiger partial charge in [-0.1, -0.05) is 62.9 Å². The van der Waals surface area contributed by atoms with Gasteiger partial charge >= 0.3 is 12.1 Å². The predicted molar refractivity (Wildman–Crippen MR) is 380 cm³/mol. The van der Waals surface area contributed by atoms with Crippen molar-refractivity contribution in [1.82, 2.24) is 68.6 Å². The van der Waals surface area contributed by atoms with Crippen LogP contribution in [0.4, 0.5) is 18.4 Å². The number of benzene rings is 2. The third kappa shape index (κ3) is 42.3. The topological polar surface area (TPSA) is 458 Å². The molecule has 107 heavy (non-hydrogen) atoms. The Labute approximate surface area is 624 Å². The molecule has 0 saturated heterocycles. The molecule has 0 spiro atoms. The lowest BCUT2D eigenvalue weighted by atomic mass is 9.92. The van der Waals surface area contributed by atoms with Crippen LogP contribution in [0.3, 0.4) is 0 Å². The molecule has 2 aromatic carbocycles. The molecule has 0 bridgehead atoms. The van der Waals surface area contributed by atoms with Crippen LogP contribution in [-0.2, 0) is 105 Å². The van der Waals surface area contributed by atoms with Crippen LogP contribution < -0.4 is 58.5 Å². The number of hydroxylamine groups is 2. The van der Waals surface area contributed by atoms with E-state index in [9.17, 15) is 61.9 Å². The number of halogens is 2. The first-order valence-electron chi connectivity index (χ1n) is 34.5. The number of hydrazone groups is 1. The first-order valence-corrected chi connectivity index (χ1v) is 35.3. The van der Waals surface area contributed by atoms with Gasteiger partial charge in [0.1, 0.15) is 47.4 Å². The Hall–Kier alpha value is -8.84. The molecule has 1 aliphatic heterocycles. The molecule has 1 heterocycles.